The van der Waals surface area contributed by atoms with Crippen molar-refractivity contribution in [1.29, 1.82) is 0 Å². The number of aromatic nitrogens is 4. The first kappa shape index (κ1) is 16.6. The van der Waals surface area contributed by atoms with Crippen LogP contribution < -0.4 is 4.90 Å². The highest BCUT2D eigenvalue weighted by Crippen LogP contribution is 2.27. The van der Waals surface area contributed by atoms with Crippen molar-refractivity contribution in [2.45, 2.75) is 18.8 Å². The first-order valence-electron chi connectivity index (χ1n) is 8.02. The second-order valence-corrected chi connectivity index (χ2v) is 6.69. The molecular weight excluding hydrogens is 324 g/mol. The Morgan fingerprint density at radius 3 is 2.92 bits per heavy atom. The van der Waals surface area contributed by atoms with Gasteiger partial charge in [-0.05, 0) is 37.2 Å². The molecule has 2 aromatic rings. The number of carbonyl (C=O) groups is 1. The zero-order valence-electron chi connectivity index (χ0n) is 14.2. The predicted molar refractivity (Wildman–Crippen MR) is 94.8 cm³/mol. The van der Waals surface area contributed by atoms with E-state index in [2.05, 4.69) is 15.2 Å². The van der Waals surface area contributed by atoms with Crippen molar-refractivity contribution < 1.29 is 4.79 Å². The molecule has 0 unspecified atom stereocenters. The van der Waals surface area contributed by atoms with Crippen molar-refractivity contribution in [2.24, 2.45) is 7.05 Å². The minimum Gasteiger partial charge on any atom is -0.362 e. The van der Waals surface area contributed by atoms with Crippen LogP contribution in [-0.4, -0.2) is 57.7 Å². The molecule has 1 aliphatic rings. The Labute approximate surface area is 146 Å². The molecule has 3 heterocycles. The number of piperidine rings is 1. The number of H-pyrrole nitrogens is 1. The number of nitrogens with one attached hydrogen (secondary N) is 1. The second kappa shape index (κ2) is 6.72. The van der Waals surface area contributed by atoms with Gasteiger partial charge in [0.05, 0.1) is 5.56 Å². The van der Waals surface area contributed by atoms with Crippen LogP contribution in [0.4, 0.5) is 5.82 Å². The number of anilines is 1. The number of pyridine rings is 1. The molecule has 0 bridgehead atoms. The predicted octanol–water partition coefficient (Wildman–Crippen LogP) is 1.96. The molecule has 1 amide bonds. The minimum atomic E-state index is 0.0216. The average Bonchev–Trinajstić information content (AvgIpc) is 2.93. The summed E-state index contributed by atoms with van der Waals surface area (Å²) in [5.74, 6) is 1.83. The third kappa shape index (κ3) is 3.06. The van der Waals surface area contributed by atoms with Gasteiger partial charge in [0.1, 0.15) is 11.6 Å². The third-order valence-electron chi connectivity index (χ3n) is 4.43. The molecule has 7 nitrogen and oxygen atoms in total. The quantitative estimate of drug-likeness (QED) is 0.861. The molecular formula is C16H22N6OS. The van der Waals surface area contributed by atoms with E-state index in [1.165, 1.54) is 0 Å². The summed E-state index contributed by atoms with van der Waals surface area (Å²) in [5.41, 5.74) is 0.638. The van der Waals surface area contributed by atoms with E-state index >= 15 is 0 Å². The fraction of sp³-hybridized carbons (Fsp3) is 0.500. The van der Waals surface area contributed by atoms with Gasteiger partial charge in [-0.1, -0.05) is 0 Å². The maximum Gasteiger partial charge on any atom is 0.257 e. The molecule has 1 atom stereocenters. The number of nitrogens with zero attached hydrogens (tertiary/aromatic N) is 5. The number of rotatable bonds is 3. The lowest BCUT2D eigenvalue weighted by Gasteiger charge is -2.32. The summed E-state index contributed by atoms with van der Waals surface area (Å²) in [4.78, 5) is 21.1. The van der Waals surface area contributed by atoms with Crippen LogP contribution in [-0.2, 0) is 7.05 Å². The smallest absolute Gasteiger partial charge is 0.257 e. The molecule has 2 aromatic heterocycles. The molecule has 3 rings (SSSR count). The second-order valence-electron chi connectivity index (χ2n) is 6.31. The fourth-order valence-electron chi connectivity index (χ4n) is 3.19. The van der Waals surface area contributed by atoms with E-state index in [1.807, 2.05) is 41.6 Å². The summed E-state index contributed by atoms with van der Waals surface area (Å²) in [6.07, 6.45) is 3.67. The Morgan fingerprint density at radius 2 is 2.25 bits per heavy atom. The molecule has 0 spiro atoms. The monoisotopic (exact) mass is 346 g/mol. The summed E-state index contributed by atoms with van der Waals surface area (Å²) < 4.78 is 2.50. The van der Waals surface area contributed by atoms with Gasteiger partial charge in [0, 0.05) is 46.3 Å². The fourth-order valence-corrected chi connectivity index (χ4v) is 3.33. The molecule has 24 heavy (non-hydrogen) atoms. The van der Waals surface area contributed by atoms with Crippen LogP contribution in [0, 0.1) is 4.77 Å². The SMILES string of the molecule is CN(C)c1ncccc1C(=O)N1CCC[C@@H](c2n[nH]c(=S)n2C)C1. The number of aromatic amines is 1. The van der Waals surface area contributed by atoms with Gasteiger partial charge in [-0.15, -0.1) is 0 Å². The Balaban J connectivity index is 1.84. The summed E-state index contributed by atoms with van der Waals surface area (Å²) in [6, 6.07) is 3.64. The number of amides is 1. The lowest BCUT2D eigenvalue weighted by molar-refractivity contribution is 0.0703. The summed E-state index contributed by atoms with van der Waals surface area (Å²) in [7, 11) is 5.70. The highest BCUT2D eigenvalue weighted by Gasteiger charge is 2.29. The number of carbonyl (C=O) groups excluding carboxylic acids is 1. The Kier molecular flexibility index (Phi) is 4.66. The molecule has 1 fully saturated rings. The van der Waals surface area contributed by atoms with E-state index in [4.69, 9.17) is 12.2 Å². The minimum absolute atomic E-state index is 0.0216. The molecule has 0 aromatic carbocycles. The van der Waals surface area contributed by atoms with Crippen LogP contribution in [0.15, 0.2) is 18.3 Å². The van der Waals surface area contributed by atoms with E-state index in [-0.39, 0.29) is 11.8 Å². The Hall–Kier alpha value is -2.22. The van der Waals surface area contributed by atoms with Gasteiger partial charge >= 0.3 is 0 Å². The van der Waals surface area contributed by atoms with Crippen LogP contribution >= 0.6 is 12.2 Å². The van der Waals surface area contributed by atoms with Crippen LogP contribution in [0.2, 0.25) is 0 Å². The molecule has 1 N–H and O–H groups in total. The molecule has 1 aliphatic heterocycles. The van der Waals surface area contributed by atoms with Crippen molar-refractivity contribution in [2.75, 3.05) is 32.1 Å². The standard InChI is InChI=1S/C16H22N6OS/c1-20(2)14-12(7-4-8-17-14)15(23)22-9-5-6-11(10-22)13-18-19-16(24)21(13)3/h4,7-8,11H,5-6,9-10H2,1-3H3,(H,19,24)/t11-/m1/s1. The van der Waals surface area contributed by atoms with E-state index in [9.17, 15) is 4.79 Å². The summed E-state index contributed by atoms with van der Waals surface area (Å²) >= 11 is 5.20. The molecule has 0 aliphatic carbocycles. The van der Waals surface area contributed by atoms with Crippen LogP contribution in [0.1, 0.15) is 34.9 Å². The van der Waals surface area contributed by atoms with Crippen molar-refractivity contribution >= 4 is 23.9 Å². The summed E-state index contributed by atoms with van der Waals surface area (Å²) in [6.45, 7) is 1.40. The lowest BCUT2D eigenvalue weighted by Crippen LogP contribution is -2.40. The maximum absolute atomic E-state index is 13.0. The van der Waals surface area contributed by atoms with Crippen molar-refractivity contribution in [3.63, 3.8) is 0 Å². The largest absolute Gasteiger partial charge is 0.362 e. The van der Waals surface area contributed by atoms with Gasteiger partial charge in [-0.2, -0.15) is 5.10 Å². The Morgan fingerprint density at radius 1 is 1.46 bits per heavy atom. The first-order valence-corrected chi connectivity index (χ1v) is 8.42. The van der Waals surface area contributed by atoms with Crippen molar-refractivity contribution in [3.05, 3.63) is 34.5 Å². The molecule has 0 radical (unpaired) electrons. The average molecular weight is 346 g/mol. The van der Waals surface area contributed by atoms with E-state index in [1.54, 1.807) is 12.3 Å². The zero-order valence-corrected chi connectivity index (χ0v) is 15.0. The number of hydrogen-bond donors (Lipinski definition) is 1. The molecule has 0 saturated carbocycles. The lowest BCUT2D eigenvalue weighted by atomic mass is 9.96. The van der Waals surface area contributed by atoms with E-state index in [0.717, 1.165) is 25.2 Å². The zero-order chi connectivity index (χ0) is 17.3. The van der Waals surface area contributed by atoms with Crippen LogP contribution in [0.5, 0.6) is 0 Å². The molecule has 1 saturated heterocycles. The molecule has 8 heteroatoms. The topological polar surface area (TPSA) is 70.1 Å². The number of likely N-dealkylation sites (tertiary alicyclic amines) is 1. The van der Waals surface area contributed by atoms with Crippen molar-refractivity contribution in [1.82, 2.24) is 24.6 Å². The highest BCUT2D eigenvalue weighted by molar-refractivity contribution is 7.71. The third-order valence-corrected chi connectivity index (χ3v) is 4.79. The van der Waals surface area contributed by atoms with Crippen molar-refractivity contribution in [3.8, 4) is 0 Å². The molecule has 128 valence electrons. The van der Waals surface area contributed by atoms with Crippen LogP contribution in [0.3, 0.4) is 0 Å². The normalized spacial score (nSPS) is 17.8. The van der Waals surface area contributed by atoms with Gasteiger partial charge in [-0.25, -0.2) is 4.98 Å². The van der Waals surface area contributed by atoms with E-state index in [0.29, 0.717) is 22.7 Å². The van der Waals surface area contributed by atoms with Gasteiger partial charge in [0.15, 0.2) is 4.77 Å². The van der Waals surface area contributed by atoms with Crippen LogP contribution in [0.25, 0.3) is 0 Å². The Bertz CT molecular complexity index is 796. The number of hydrogen-bond acceptors (Lipinski definition) is 5. The highest BCUT2D eigenvalue weighted by atomic mass is 32.1. The first-order chi connectivity index (χ1) is 11.5. The summed E-state index contributed by atoms with van der Waals surface area (Å²) in [5, 5.41) is 7.17. The van der Waals surface area contributed by atoms with Gasteiger partial charge in [0.2, 0.25) is 0 Å². The van der Waals surface area contributed by atoms with E-state index < -0.39 is 0 Å². The van der Waals surface area contributed by atoms with Gasteiger partial charge < -0.3 is 14.4 Å². The maximum atomic E-state index is 13.0. The van der Waals surface area contributed by atoms with Gasteiger partial charge in [-0.3, -0.25) is 9.89 Å². The van der Waals surface area contributed by atoms with Gasteiger partial charge in [0.25, 0.3) is 5.91 Å².